The number of carboxylic acid groups (broad SMARTS) is 1. The molecule has 2 aliphatic heterocycles. The quantitative estimate of drug-likeness (QED) is 0.621. The van der Waals surface area contributed by atoms with E-state index in [0.29, 0.717) is 25.9 Å². The van der Waals surface area contributed by atoms with Gasteiger partial charge in [-0.3, -0.25) is 0 Å². The molecule has 8 heteroatoms. The number of carbonyl (C=O) groups excluding carboxylic acids is 1. The number of aliphatic hydroxyl groups is 2. The van der Waals surface area contributed by atoms with Crippen LogP contribution in [0.25, 0.3) is 0 Å². The van der Waals surface area contributed by atoms with Crippen molar-refractivity contribution in [3.8, 4) is 0 Å². The molecule has 2 heterocycles. The molecule has 0 saturated carbocycles. The number of aliphatic carboxylic acids is 1. The molecule has 2 fully saturated rings. The highest BCUT2D eigenvalue weighted by Gasteiger charge is 2.41. The monoisotopic (exact) mass is 302 g/mol. The summed E-state index contributed by atoms with van der Waals surface area (Å²) in [6, 6.07) is -1.28. The van der Waals surface area contributed by atoms with E-state index in [2.05, 4.69) is 0 Å². The third-order valence-corrected chi connectivity index (χ3v) is 3.97. The summed E-state index contributed by atoms with van der Waals surface area (Å²) in [7, 11) is 0. The van der Waals surface area contributed by atoms with Crippen molar-refractivity contribution >= 4 is 12.0 Å². The Morgan fingerprint density at radius 1 is 1.24 bits per heavy atom. The van der Waals surface area contributed by atoms with Gasteiger partial charge in [0.1, 0.15) is 6.04 Å². The van der Waals surface area contributed by atoms with E-state index in [4.69, 9.17) is 14.9 Å². The zero-order valence-corrected chi connectivity index (χ0v) is 11.8. The average Bonchev–Trinajstić information content (AvgIpc) is 2.87. The molecule has 120 valence electrons. The molecule has 2 amide bonds. The highest BCUT2D eigenvalue weighted by Crippen LogP contribution is 2.22. The van der Waals surface area contributed by atoms with E-state index in [-0.39, 0.29) is 38.3 Å². The van der Waals surface area contributed by atoms with E-state index < -0.39 is 18.1 Å². The second-order valence-corrected chi connectivity index (χ2v) is 5.46. The Kier molecular flexibility index (Phi) is 5.38. The van der Waals surface area contributed by atoms with Crippen LogP contribution in [0, 0.1) is 0 Å². The second kappa shape index (κ2) is 7.06. The summed E-state index contributed by atoms with van der Waals surface area (Å²) in [6.07, 6.45) is 0.665. The number of piperidine rings is 1. The SMILES string of the molecule is O=C(O)[C@@H]1C[C@H](O)CN1C(=O)N1CCC(OCCO)CC1. The van der Waals surface area contributed by atoms with Crippen molar-refractivity contribution in [1.82, 2.24) is 9.80 Å². The highest BCUT2D eigenvalue weighted by molar-refractivity contribution is 5.83. The van der Waals surface area contributed by atoms with Crippen LogP contribution in [-0.4, -0.2) is 88.2 Å². The number of carboxylic acids is 1. The molecule has 2 aliphatic rings. The Labute approximate surface area is 122 Å². The first kappa shape index (κ1) is 16.0. The number of aliphatic hydroxyl groups excluding tert-OH is 2. The van der Waals surface area contributed by atoms with Gasteiger partial charge in [0.2, 0.25) is 0 Å². The van der Waals surface area contributed by atoms with E-state index in [1.165, 1.54) is 4.90 Å². The molecule has 0 aromatic rings. The van der Waals surface area contributed by atoms with E-state index >= 15 is 0 Å². The molecule has 2 atom stereocenters. The largest absolute Gasteiger partial charge is 0.480 e. The number of carbonyl (C=O) groups is 2. The standard InChI is InChI=1S/C13H22N2O6/c16-5-6-21-10-1-3-14(4-2-10)13(20)15-8-9(17)7-11(15)12(18)19/h9-11,16-17H,1-8H2,(H,18,19)/t9-,11-/m0/s1. The summed E-state index contributed by atoms with van der Waals surface area (Å²) >= 11 is 0. The van der Waals surface area contributed by atoms with Crippen LogP contribution in [0.2, 0.25) is 0 Å². The third-order valence-electron chi connectivity index (χ3n) is 3.97. The van der Waals surface area contributed by atoms with Gasteiger partial charge in [-0.2, -0.15) is 0 Å². The maximum absolute atomic E-state index is 12.4. The minimum absolute atomic E-state index is 0.0227. The van der Waals surface area contributed by atoms with Crippen molar-refractivity contribution in [3.63, 3.8) is 0 Å². The number of hydrogen-bond acceptors (Lipinski definition) is 5. The number of nitrogens with zero attached hydrogens (tertiary/aromatic N) is 2. The Hall–Kier alpha value is -1.38. The number of hydrogen-bond donors (Lipinski definition) is 3. The van der Waals surface area contributed by atoms with Gasteiger partial charge in [0, 0.05) is 26.1 Å². The van der Waals surface area contributed by atoms with Gasteiger partial charge in [-0.15, -0.1) is 0 Å². The fourth-order valence-electron chi connectivity index (χ4n) is 2.87. The fourth-order valence-corrected chi connectivity index (χ4v) is 2.87. The minimum atomic E-state index is -1.08. The smallest absolute Gasteiger partial charge is 0.326 e. The van der Waals surface area contributed by atoms with Gasteiger partial charge in [-0.25, -0.2) is 9.59 Å². The summed E-state index contributed by atoms with van der Waals surface area (Å²) < 4.78 is 5.43. The molecule has 0 spiro atoms. The molecule has 0 unspecified atom stereocenters. The van der Waals surface area contributed by atoms with Crippen molar-refractivity contribution in [3.05, 3.63) is 0 Å². The molecule has 0 aromatic carbocycles. The Bertz CT molecular complexity index is 383. The lowest BCUT2D eigenvalue weighted by Gasteiger charge is -2.35. The van der Waals surface area contributed by atoms with E-state index in [9.17, 15) is 14.7 Å². The summed E-state index contributed by atoms with van der Waals surface area (Å²) in [5, 5.41) is 27.4. The van der Waals surface area contributed by atoms with E-state index in [1.54, 1.807) is 4.90 Å². The normalized spacial score (nSPS) is 27.1. The average molecular weight is 302 g/mol. The molecular formula is C13H22N2O6. The lowest BCUT2D eigenvalue weighted by Crippen LogP contribution is -2.51. The van der Waals surface area contributed by atoms with Gasteiger partial charge in [-0.05, 0) is 12.8 Å². The van der Waals surface area contributed by atoms with Crippen LogP contribution in [0.1, 0.15) is 19.3 Å². The number of β-amino-alcohol motifs (C(OH)–C–C–N with tert-alkyl or cyclic N) is 1. The predicted molar refractivity (Wildman–Crippen MR) is 71.8 cm³/mol. The van der Waals surface area contributed by atoms with Crippen LogP contribution in [-0.2, 0) is 9.53 Å². The number of urea groups is 1. The van der Waals surface area contributed by atoms with Crippen LogP contribution in [0.3, 0.4) is 0 Å². The van der Waals surface area contributed by atoms with Gasteiger partial charge in [0.15, 0.2) is 0 Å². The van der Waals surface area contributed by atoms with Gasteiger partial charge >= 0.3 is 12.0 Å². The summed E-state index contributed by atoms with van der Waals surface area (Å²) in [6.45, 7) is 1.32. The van der Waals surface area contributed by atoms with Crippen molar-refractivity contribution in [2.75, 3.05) is 32.8 Å². The first-order chi connectivity index (χ1) is 10.0. The van der Waals surface area contributed by atoms with Crippen molar-refractivity contribution in [2.45, 2.75) is 37.5 Å². The Morgan fingerprint density at radius 2 is 1.90 bits per heavy atom. The lowest BCUT2D eigenvalue weighted by molar-refractivity contribution is -0.141. The van der Waals surface area contributed by atoms with Crippen molar-refractivity contribution in [2.24, 2.45) is 0 Å². The molecule has 0 bridgehead atoms. The lowest BCUT2D eigenvalue weighted by atomic mass is 10.1. The zero-order chi connectivity index (χ0) is 15.4. The number of likely N-dealkylation sites (tertiary alicyclic amines) is 2. The topological polar surface area (TPSA) is 111 Å². The molecule has 3 N–H and O–H groups in total. The van der Waals surface area contributed by atoms with Crippen LogP contribution >= 0.6 is 0 Å². The van der Waals surface area contributed by atoms with E-state index in [0.717, 1.165) is 0 Å². The third kappa shape index (κ3) is 3.84. The van der Waals surface area contributed by atoms with Crippen molar-refractivity contribution < 1.29 is 29.6 Å². The number of amides is 2. The van der Waals surface area contributed by atoms with Crippen molar-refractivity contribution in [1.29, 1.82) is 0 Å². The molecule has 21 heavy (non-hydrogen) atoms. The highest BCUT2D eigenvalue weighted by atomic mass is 16.5. The summed E-state index contributed by atoms with van der Waals surface area (Å²) in [5.41, 5.74) is 0. The zero-order valence-electron chi connectivity index (χ0n) is 11.8. The van der Waals surface area contributed by atoms with Crippen LogP contribution in [0.4, 0.5) is 4.79 Å². The predicted octanol–water partition coefficient (Wildman–Crippen LogP) is -0.900. The maximum Gasteiger partial charge on any atom is 0.326 e. The second-order valence-electron chi connectivity index (χ2n) is 5.46. The summed E-state index contributed by atoms with van der Waals surface area (Å²) in [4.78, 5) is 26.4. The van der Waals surface area contributed by atoms with Crippen LogP contribution in [0.15, 0.2) is 0 Å². The van der Waals surface area contributed by atoms with Gasteiger partial charge in [0.05, 0.1) is 25.4 Å². The van der Waals surface area contributed by atoms with Crippen LogP contribution < -0.4 is 0 Å². The first-order valence-electron chi connectivity index (χ1n) is 7.21. The molecule has 2 saturated heterocycles. The molecule has 0 aliphatic carbocycles. The molecule has 2 rings (SSSR count). The van der Waals surface area contributed by atoms with Gasteiger partial charge in [-0.1, -0.05) is 0 Å². The first-order valence-corrected chi connectivity index (χ1v) is 7.21. The fraction of sp³-hybridized carbons (Fsp3) is 0.846. The van der Waals surface area contributed by atoms with Crippen LogP contribution in [0.5, 0.6) is 0 Å². The molecule has 8 nitrogen and oxygen atoms in total. The number of ether oxygens (including phenoxy) is 1. The van der Waals surface area contributed by atoms with Gasteiger partial charge in [0.25, 0.3) is 0 Å². The maximum atomic E-state index is 12.4. The minimum Gasteiger partial charge on any atom is -0.480 e. The molecular weight excluding hydrogens is 280 g/mol. The van der Waals surface area contributed by atoms with Gasteiger partial charge < -0.3 is 29.9 Å². The molecule has 0 aromatic heterocycles. The molecule has 0 radical (unpaired) electrons. The Morgan fingerprint density at radius 3 is 2.48 bits per heavy atom. The van der Waals surface area contributed by atoms with E-state index in [1.807, 2.05) is 0 Å². The number of rotatable bonds is 4. The Balaban J connectivity index is 1.88. The summed E-state index contributed by atoms with van der Waals surface area (Å²) in [5.74, 6) is -1.08.